The first kappa shape index (κ1) is 17.9. The molecular formula is C19H19ClN8O. The zero-order chi connectivity index (χ0) is 20.1. The molecule has 0 radical (unpaired) electrons. The van der Waals surface area contributed by atoms with Crippen molar-refractivity contribution in [3.63, 3.8) is 0 Å². The van der Waals surface area contributed by atoms with Crippen molar-refractivity contribution >= 4 is 34.4 Å². The lowest BCUT2D eigenvalue weighted by molar-refractivity contribution is 0.102. The zero-order valence-corrected chi connectivity index (χ0v) is 16.8. The van der Waals surface area contributed by atoms with Crippen LogP contribution in [-0.2, 0) is 20.6 Å². The van der Waals surface area contributed by atoms with Crippen molar-refractivity contribution < 1.29 is 4.79 Å². The summed E-state index contributed by atoms with van der Waals surface area (Å²) in [6.45, 7) is 0.447. The Morgan fingerprint density at radius 2 is 2.03 bits per heavy atom. The third-order valence-corrected chi connectivity index (χ3v) is 5.36. The van der Waals surface area contributed by atoms with Crippen molar-refractivity contribution in [1.29, 1.82) is 0 Å². The molecule has 10 heteroatoms. The Morgan fingerprint density at radius 1 is 1.21 bits per heavy atom. The molecule has 4 heterocycles. The van der Waals surface area contributed by atoms with Gasteiger partial charge in [0.2, 0.25) is 0 Å². The Morgan fingerprint density at radius 3 is 2.76 bits per heavy atom. The van der Waals surface area contributed by atoms with Gasteiger partial charge < -0.3 is 5.32 Å². The molecule has 1 aliphatic carbocycles. The predicted molar refractivity (Wildman–Crippen MR) is 108 cm³/mol. The van der Waals surface area contributed by atoms with Gasteiger partial charge in [0.15, 0.2) is 5.65 Å². The molecule has 0 aromatic carbocycles. The third kappa shape index (κ3) is 3.27. The Kier molecular flexibility index (Phi) is 4.13. The number of nitrogens with zero attached hydrogens (tertiary/aromatic N) is 7. The second-order valence-corrected chi connectivity index (χ2v) is 7.76. The lowest BCUT2D eigenvalue weighted by atomic mass is 10.1. The summed E-state index contributed by atoms with van der Waals surface area (Å²) in [4.78, 5) is 17.9. The number of amides is 1. The molecule has 0 unspecified atom stereocenters. The van der Waals surface area contributed by atoms with Gasteiger partial charge in [0.25, 0.3) is 5.91 Å². The average Bonchev–Trinajstić information content (AvgIpc) is 3.27. The topological polar surface area (TPSA) is 95.5 Å². The highest BCUT2D eigenvalue weighted by molar-refractivity contribution is 6.33. The maximum Gasteiger partial charge on any atom is 0.257 e. The van der Waals surface area contributed by atoms with Gasteiger partial charge >= 0.3 is 0 Å². The molecular weight excluding hydrogens is 392 g/mol. The van der Waals surface area contributed by atoms with Gasteiger partial charge in [-0.1, -0.05) is 11.6 Å². The van der Waals surface area contributed by atoms with E-state index in [-0.39, 0.29) is 5.91 Å². The van der Waals surface area contributed by atoms with E-state index in [0.717, 1.165) is 24.1 Å². The van der Waals surface area contributed by atoms with Gasteiger partial charge in [-0.05, 0) is 18.9 Å². The largest absolute Gasteiger partial charge is 0.305 e. The number of aromatic nitrogens is 7. The summed E-state index contributed by atoms with van der Waals surface area (Å²) < 4.78 is 5.06. The zero-order valence-electron chi connectivity index (χ0n) is 16.0. The summed E-state index contributed by atoms with van der Waals surface area (Å²) in [7, 11) is 3.68. The van der Waals surface area contributed by atoms with Crippen LogP contribution in [0.5, 0.6) is 0 Å². The Labute approximate surface area is 171 Å². The summed E-state index contributed by atoms with van der Waals surface area (Å²) in [5.41, 5.74) is 3.13. The second-order valence-electron chi connectivity index (χ2n) is 7.35. The predicted octanol–water partition coefficient (Wildman–Crippen LogP) is 2.73. The molecule has 0 saturated heterocycles. The van der Waals surface area contributed by atoms with Crippen LogP contribution < -0.4 is 5.32 Å². The van der Waals surface area contributed by atoms with Gasteiger partial charge in [0.05, 0.1) is 36.1 Å². The molecule has 4 aromatic heterocycles. The Bertz CT molecular complexity index is 1230. The number of fused-ring (bicyclic) bond motifs is 1. The SMILES string of the molecule is Cn1cc(Cn2ncc(Cl)c2NC(=O)c2cc(C3CC3)nc3c2cnn3C)cn1. The number of aryl methyl sites for hydroxylation is 2. The molecule has 1 aliphatic rings. The van der Waals surface area contributed by atoms with E-state index in [1.165, 1.54) is 6.20 Å². The highest BCUT2D eigenvalue weighted by Gasteiger charge is 2.28. The summed E-state index contributed by atoms with van der Waals surface area (Å²) in [6, 6.07) is 1.87. The van der Waals surface area contributed by atoms with Crippen molar-refractivity contribution in [3.05, 3.63) is 52.7 Å². The smallest absolute Gasteiger partial charge is 0.257 e. The highest BCUT2D eigenvalue weighted by atomic mass is 35.5. The van der Waals surface area contributed by atoms with Crippen molar-refractivity contribution in [2.45, 2.75) is 25.3 Å². The minimum absolute atomic E-state index is 0.262. The maximum atomic E-state index is 13.2. The average molecular weight is 411 g/mol. The first-order chi connectivity index (χ1) is 14.0. The first-order valence-electron chi connectivity index (χ1n) is 9.32. The van der Waals surface area contributed by atoms with Gasteiger partial charge in [-0.3, -0.25) is 14.2 Å². The molecule has 0 bridgehead atoms. The van der Waals surface area contributed by atoms with Crippen molar-refractivity contribution in [3.8, 4) is 0 Å². The fraction of sp³-hybridized carbons (Fsp3) is 0.316. The number of carbonyl (C=O) groups is 1. The molecule has 5 rings (SSSR count). The number of carbonyl (C=O) groups excluding carboxylic acids is 1. The monoisotopic (exact) mass is 410 g/mol. The van der Waals surface area contributed by atoms with E-state index in [4.69, 9.17) is 16.6 Å². The van der Waals surface area contributed by atoms with Gasteiger partial charge in [-0.2, -0.15) is 15.3 Å². The quantitative estimate of drug-likeness (QED) is 0.545. The normalized spacial score (nSPS) is 13.9. The number of rotatable bonds is 5. The van der Waals surface area contributed by atoms with Crippen LogP contribution >= 0.6 is 11.6 Å². The van der Waals surface area contributed by atoms with Crippen LogP contribution in [0, 0.1) is 0 Å². The Balaban J connectivity index is 1.49. The van der Waals surface area contributed by atoms with Crippen LogP contribution in [0.1, 0.15) is 40.4 Å². The summed E-state index contributed by atoms with van der Waals surface area (Å²) in [5.74, 6) is 0.602. The number of anilines is 1. The van der Waals surface area contributed by atoms with Crippen LogP contribution in [0.4, 0.5) is 5.82 Å². The number of nitrogens with one attached hydrogen (secondary N) is 1. The molecule has 29 heavy (non-hydrogen) atoms. The Hall–Kier alpha value is -3.20. The molecule has 0 aliphatic heterocycles. The maximum absolute atomic E-state index is 13.2. The molecule has 0 spiro atoms. The lowest BCUT2D eigenvalue weighted by Crippen LogP contribution is -2.17. The van der Waals surface area contributed by atoms with Crippen molar-refractivity contribution in [2.24, 2.45) is 14.1 Å². The molecule has 0 atom stereocenters. The molecule has 1 saturated carbocycles. The minimum Gasteiger partial charge on any atom is -0.305 e. The standard InChI is InChI=1S/C19H19ClN8O/c1-26-9-11(6-21-26)10-28-18(15(20)8-23-28)25-19(29)13-5-16(12-3-4-12)24-17-14(13)7-22-27(17)2/h5-9,12H,3-4,10H2,1-2H3,(H,25,29). The third-order valence-electron chi connectivity index (χ3n) is 5.08. The van der Waals surface area contributed by atoms with Crippen molar-refractivity contribution in [1.82, 2.24) is 34.3 Å². The van der Waals surface area contributed by atoms with Gasteiger partial charge in [-0.25, -0.2) is 9.67 Å². The number of hydrogen-bond donors (Lipinski definition) is 1. The first-order valence-corrected chi connectivity index (χ1v) is 9.70. The van der Waals surface area contributed by atoms with Crippen molar-refractivity contribution in [2.75, 3.05) is 5.32 Å². The highest BCUT2D eigenvalue weighted by Crippen LogP contribution is 2.40. The summed E-state index contributed by atoms with van der Waals surface area (Å²) >= 11 is 6.31. The van der Waals surface area contributed by atoms with Gasteiger partial charge in [0.1, 0.15) is 10.8 Å². The van der Waals surface area contributed by atoms with E-state index in [0.29, 0.717) is 39.9 Å². The molecule has 1 amide bonds. The van der Waals surface area contributed by atoms with Gasteiger partial charge in [-0.15, -0.1) is 0 Å². The number of pyridine rings is 1. The van der Waals surface area contributed by atoms with E-state index < -0.39 is 0 Å². The van der Waals surface area contributed by atoms with Crippen LogP contribution in [-0.4, -0.2) is 40.2 Å². The van der Waals surface area contributed by atoms with Crippen LogP contribution in [0.3, 0.4) is 0 Å². The molecule has 1 fully saturated rings. The van der Waals surface area contributed by atoms with E-state index in [9.17, 15) is 4.79 Å². The van der Waals surface area contributed by atoms with E-state index in [1.807, 2.05) is 26.4 Å². The van der Waals surface area contributed by atoms with Gasteiger partial charge in [0, 0.05) is 37.5 Å². The number of hydrogen-bond acceptors (Lipinski definition) is 5. The molecule has 1 N–H and O–H groups in total. The number of halogens is 1. The molecule has 9 nitrogen and oxygen atoms in total. The minimum atomic E-state index is -0.262. The van der Waals surface area contributed by atoms with E-state index >= 15 is 0 Å². The molecule has 148 valence electrons. The summed E-state index contributed by atoms with van der Waals surface area (Å²) in [6.07, 6.45) is 9.04. The van der Waals surface area contributed by atoms with Crippen LogP contribution in [0.2, 0.25) is 5.02 Å². The fourth-order valence-electron chi connectivity index (χ4n) is 3.42. The van der Waals surface area contributed by atoms with E-state index in [2.05, 4.69) is 20.6 Å². The van der Waals surface area contributed by atoms with E-state index in [1.54, 1.807) is 26.4 Å². The van der Waals surface area contributed by atoms with Crippen LogP contribution in [0.25, 0.3) is 11.0 Å². The summed E-state index contributed by atoms with van der Waals surface area (Å²) in [5, 5.41) is 16.7. The fourth-order valence-corrected chi connectivity index (χ4v) is 3.61. The van der Waals surface area contributed by atoms with Crippen LogP contribution in [0.15, 0.2) is 30.9 Å². The second kappa shape index (κ2) is 6.70. The molecule has 4 aromatic rings. The lowest BCUT2D eigenvalue weighted by Gasteiger charge is -2.11.